The van der Waals surface area contributed by atoms with Crippen LogP contribution in [0.2, 0.25) is 0 Å². The Morgan fingerprint density at radius 2 is 2.00 bits per heavy atom. The number of fused-ring (bicyclic) bond motifs is 2. The number of carbonyl (C=O) groups excluding carboxylic acids is 2. The van der Waals surface area contributed by atoms with Crippen LogP contribution in [0, 0.1) is 28.1 Å². The molecule has 1 aromatic carbocycles. The molecule has 1 aromatic rings. The summed E-state index contributed by atoms with van der Waals surface area (Å²) < 4.78 is 4.76. The summed E-state index contributed by atoms with van der Waals surface area (Å²) in [4.78, 5) is 30.7. The second kappa shape index (κ2) is 4.65. The van der Waals surface area contributed by atoms with Gasteiger partial charge in [0.2, 0.25) is 5.91 Å². The summed E-state index contributed by atoms with van der Waals surface area (Å²) in [6.45, 7) is 0. The van der Waals surface area contributed by atoms with Crippen LogP contribution in [0.3, 0.4) is 0 Å². The minimum atomic E-state index is -1.87. The summed E-state index contributed by atoms with van der Waals surface area (Å²) in [7, 11) is 2.72. The van der Waals surface area contributed by atoms with E-state index in [9.17, 15) is 20.1 Å². The number of methoxy groups -OCH3 is 1. The van der Waals surface area contributed by atoms with Crippen LogP contribution in [-0.4, -0.2) is 38.3 Å². The Balaban J connectivity index is 2.41. The lowest BCUT2D eigenvalue weighted by Gasteiger charge is -2.33. The number of nitriles is 2. The van der Waals surface area contributed by atoms with Crippen molar-refractivity contribution in [2.75, 3.05) is 19.1 Å². The molecule has 0 saturated carbocycles. The number of amides is 1. The summed E-state index contributed by atoms with van der Waals surface area (Å²) in [6, 6.07) is 9.30. The van der Waals surface area contributed by atoms with Crippen molar-refractivity contribution < 1.29 is 14.3 Å². The molecule has 23 heavy (non-hydrogen) atoms. The van der Waals surface area contributed by atoms with E-state index in [1.165, 1.54) is 12.0 Å². The molecule has 2 atom stereocenters. The van der Waals surface area contributed by atoms with Crippen molar-refractivity contribution in [1.29, 1.82) is 10.5 Å². The molecule has 2 aliphatic heterocycles. The molecule has 1 spiro atoms. The second-order valence-electron chi connectivity index (χ2n) is 5.42. The number of carbonyl (C=O) groups is 2. The summed E-state index contributed by atoms with van der Waals surface area (Å²) in [5.41, 5.74) is -2.62. The molecule has 7 heteroatoms. The molecule has 0 aromatic heterocycles. The van der Waals surface area contributed by atoms with Gasteiger partial charge < -0.3 is 9.64 Å². The van der Waals surface area contributed by atoms with E-state index in [4.69, 9.17) is 4.74 Å². The first kappa shape index (κ1) is 14.7. The minimum absolute atomic E-state index is 0.434. The van der Waals surface area contributed by atoms with Crippen LogP contribution in [0.4, 0.5) is 5.69 Å². The van der Waals surface area contributed by atoms with Crippen LogP contribution < -0.4 is 4.90 Å². The van der Waals surface area contributed by atoms with Crippen molar-refractivity contribution in [3.05, 3.63) is 29.8 Å². The molecule has 0 bridgehead atoms. The maximum atomic E-state index is 13.1. The van der Waals surface area contributed by atoms with E-state index in [1.807, 2.05) is 12.1 Å². The number of hydrogen-bond donors (Lipinski definition) is 0. The summed E-state index contributed by atoms with van der Waals surface area (Å²) in [6.07, 6.45) is 1.10. The van der Waals surface area contributed by atoms with Crippen LogP contribution in [0.1, 0.15) is 5.56 Å². The Morgan fingerprint density at radius 1 is 1.35 bits per heavy atom. The van der Waals surface area contributed by atoms with Crippen LogP contribution in [-0.2, 0) is 19.7 Å². The smallest absolute Gasteiger partial charge is 0.332 e. The molecule has 7 nitrogen and oxygen atoms in total. The highest BCUT2D eigenvalue weighted by molar-refractivity contribution is 6.16. The summed E-state index contributed by atoms with van der Waals surface area (Å²) in [5.74, 6) is -1.28. The molecule has 0 fully saturated rings. The molecule has 0 saturated heterocycles. The Morgan fingerprint density at radius 3 is 2.61 bits per heavy atom. The highest BCUT2D eigenvalue weighted by Crippen LogP contribution is 2.56. The van der Waals surface area contributed by atoms with Gasteiger partial charge in [0.05, 0.1) is 19.2 Å². The second-order valence-corrected chi connectivity index (χ2v) is 5.42. The third-order valence-electron chi connectivity index (χ3n) is 4.56. The van der Waals surface area contributed by atoms with Gasteiger partial charge in [0.1, 0.15) is 5.41 Å². The number of likely N-dealkylation sites (N-methyl/N-ethyl adjacent to an activating group) is 1. The summed E-state index contributed by atoms with van der Waals surface area (Å²) >= 11 is 0. The Bertz CT molecular complexity index is 818. The van der Waals surface area contributed by atoms with Gasteiger partial charge in [-0.15, -0.1) is 0 Å². The van der Waals surface area contributed by atoms with Gasteiger partial charge in [-0.2, -0.15) is 10.5 Å². The van der Waals surface area contributed by atoms with Crippen molar-refractivity contribution in [2.24, 2.45) is 10.4 Å². The van der Waals surface area contributed by atoms with Gasteiger partial charge in [-0.3, -0.25) is 9.79 Å². The van der Waals surface area contributed by atoms with E-state index in [1.54, 1.807) is 31.3 Å². The SMILES string of the molecule is COC(=O)[C@H]1N=CC(C#N)(C#N)[C@@]12C(=O)N(C)c1ccccc12. The van der Waals surface area contributed by atoms with Gasteiger partial charge in [0.25, 0.3) is 0 Å². The first-order chi connectivity index (χ1) is 11.0. The van der Waals surface area contributed by atoms with Crippen molar-refractivity contribution in [3.8, 4) is 12.1 Å². The van der Waals surface area contributed by atoms with Gasteiger partial charge in [0, 0.05) is 18.9 Å². The van der Waals surface area contributed by atoms with Crippen LogP contribution >= 0.6 is 0 Å². The van der Waals surface area contributed by atoms with E-state index < -0.39 is 28.7 Å². The third kappa shape index (κ3) is 1.44. The number of para-hydroxylation sites is 1. The molecule has 0 radical (unpaired) electrons. The third-order valence-corrected chi connectivity index (χ3v) is 4.56. The highest BCUT2D eigenvalue weighted by atomic mass is 16.5. The zero-order chi connectivity index (χ0) is 16.8. The fraction of sp³-hybridized carbons (Fsp3) is 0.312. The Labute approximate surface area is 132 Å². The molecular weight excluding hydrogens is 296 g/mol. The van der Waals surface area contributed by atoms with Crippen molar-refractivity contribution in [2.45, 2.75) is 11.5 Å². The van der Waals surface area contributed by atoms with Crippen LogP contribution in [0.25, 0.3) is 0 Å². The quantitative estimate of drug-likeness (QED) is 0.705. The number of ether oxygens (including phenoxy) is 1. The van der Waals surface area contributed by atoms with Crippen LogP contribution in [0.15, 0.2) is 29.3 Å². The number of aliphatic imine (C=N–C) groups is 1. The summed E-state index contributed by atoms with van der Waals surface area (Å²) in [5, 5.41) is 19.3. The predicted molar refractivity (Wildman–Crippen MR) is 79.5 cm³/mol. The van der Waals surface area contributed by atoms with Gasteiger partial charge in [0.15, 0.2) is 11.5 Å². The highest BCUT2D eigenvalue weighted by Gasteiger charge is 2.72. The lowest BCUT2D eigenvalue weighted by atomic mass is 9.60. The topological polar surface area (TPSA) is 107 Å². The Kier molecular flexibility index (Phi) is 2.98. The number of hydrogen-bond acceptors (Lipinski definition) is 6. The zero-order valence-corrected chi connectivity index (χ0v) is 12.5. The zero-order valence-electron chi connectivity index (χ0n) is 12.5. The lowest BCUT2D eigenvalue weighted by Crippen LogP contribution is -2.57. The predicted octanol–water partition coefficient (Wildman–Crippen LogP) is 0.560. The first-order valence-corrected chi connectivity index (χ1v) is 6.82. The molecule has 0 N–H and O–H groups in total. The fourth-order valence-corrected chi connectivity index (χ4v) is 3.46. The average Bonchev–Trinajstić information content (AvgIpc) is 3.05. The molecule has 3 rings (SSSR count). The van der Waals surface area contributed by atoms with E-state index >= 15 is 0 Å². The normalized spacial score (nSPS) is 26.7. The first-order valence-electron chi connectivity index (χ1n) is 6.82. The molecule has 114 valence electrons. The van der Waals surface area contributed by atoms with Gasteiger partial charge in [-0.25, -0.2) is 4.79 Å². The number of esters is 1. The Hall–Kier alpha value is -3.19. The van der Waals surface area contributed by atoms with Gasteiger partial charge in [-0.1, -0.05) is 18.2 Å². The lowest BCUT2D eigenvalue weighted by molar-refractivity contribution is -0.146. The molecule has 0 unspecified atom stereocenters. The van der Waals surface area contributed by atoms with E-state index in [0.717, 1.165) is 6.21 Å². The maximum Gasteiger partial charge on any atom is 0.332 e. The standard InChI is InChI=1S/C16H12N4O3/c1-20-11-6-4-3-5-10(11)16(14(20)22)12(13(21)23-2)19-9-15(16,7-17)8-18/h3-6,9,12H,1-2H3/t12-,16-/m1/s1. The number of anilines is 1. The van der Waals surface area contributed by atoms with Crippen molar-refractivity contribution >= 4 is 23.8 Å². The van der Waals surface area contributed by atoms with E-state index in [-0.39, 0.29) is 0 Å². The van der Waals surface area contributed by atoms with Crippen molar-refractivity contribution in [3.63, 3.8) is 0 Å². The molecule has 1 amide bonds. The largest absolute Gasteiger partial charge is 0.467 e. The number of rotatable bonds is 1. The number of nitrogens with zero attached hydrogens (tertiary/aromatic N) is 4. The van der Waals surface area contributed by atoms with E-state index in [0.29, 0.717) is 11.3 Å². The molecular formula is C16H12N4O3. The van der Waals surface area contributed by atoms with Crippen molar-refractivity contribution in [1.82, 2.24) is 0 Å². The molecule has 2 heterocycles. The van der Waals surface area contributed by atoms with E-state index in [2.05, 4.69) is 4.99 Å². The van der Waals surface area contributed by atoms with Crippen LogP contribution in [0.5, 0.6) is 0 Å². The average molecular weight is 308 g/mol. The molecule has 2 aliphatic rings. The molecule has 0 aliphatic carbocycles. The minimum Gasteiger partial charge on any atom is -0.467 e. The fourth-order valence-electron chi connectivity index (χ4n) is 3.46. The number of benzene rings is 1. The maximum absolute atomic E-state index is 13.1. The monoisotopic (exact) mass is 308 g/mol. The van der Waals surface area contributed by atoms with Gasteiger partial charge in [-0.05, 0) is 11.6 Å². The van der Waals surface area contributed by atoms with Gasteiger partial charge >= 0.3 is 5.97 Å².